The van der Waals surface area contributed by atoms with Gasteiger partial charge < -0.3 is 15.0 Å². The second kappa shape index (κ2) is 7.13. The molecule has 0 spiro atoms. The molecular weight excluding hydrogens is 374 g/mol. The summed E-state index contributed by atoms with van der Waals surface area (Å²) < 4.78 is 7.97. The Labute approximate surface area is 176 Å². The van der Waals surface area contributed by atoms with Crippen LogP contribution in [0.3, 0.4) is 0 Å². The van der Waals surface area contributed by atoms with Gasteiger partial charge in [0.05, 0.1) is 5.69 Å². The Hall–Kier alpha value is -2.86. The number of rotatable bonds is 3. The van der Waals surface area contributed by atoms with Gasteiger partial charge in [-0.15, -0.1) is 0 Å². The Balaban J connectivity index is 1.27. The normalized spacial score (nSPS) is 24.5. The lowest BCUT2D eigenvalue weighted by Gasteiger charge is -2.44. The lowest BCUT2D eigenvalue weighted by molar-refractivity contribution is 0.219. The van der Waals surface area contributed by atoms with Crippen LogP contribution in [0.1, 0.15) is 37.7 Å². The van der Waals surface area contributed by atoms with Gasteiger partial charge in [0.25, 0.3) is 0 Å². The molecule has 6 rings (SSSR count). The molecule has 1 unspecified atom stereocenters. The average Bonchev–Trinajstić information content (AvgIpc) is 3.32. The Kier molecular flexibility index (Phi) is 4.27. The highest BCUT2D eigenvalue weighted by Gasteiger charge is 2.33. The molecule has 2 bridgehead atoms. The van der Waals surface area contributed by atoms with E-state index in [1.54, 1.807) is 6.20 Å². The SMILES string of the molecule is CN(c1ccc2c(n1)OCc1cc(-n3cccn3)ccc1-2)[C@@H]1CC2CCC[C@@H](C1)N2. The zero-order valence-corrected chi connectivity index (χ0v) is 17.3. The molecule has 0 aliphatic carbocycles. The fraction of sp³-hybridized carbons (Fsp3) is 0.417. The van der Waals surface area contributed by atoms with Crippen molar-refractivity contribution in [1.82, 2.24) is 20.1 Å². The number of anilines is 1. The topological polar surface area (TPSA) is 55.2 Å². The summed E-state index contributed by atoms with van der Waals surface area (Å²) in [4.78, 5) is 7.29. The van der Waals surface area contributed by atoms with E-state index in [0.717, 1.165) is 22.9 Å². The van der Waals surface area contributed by atoms with Crippen LogP contribution in [-0.2, 0) is 6.61 Å². The Morgan fingerprint density at radius 2 is 1.93 bits per heavy atom. The van der Waals surface area contributed by atoms with E-state index in [9.17, 15) is 0 Å². The van der Waals surface area contributed by atoms with E-state index in [4.69, 9.17) is 9.72 Å². The van der Waals surface area contributed by atoms with Gasteiger partial charge in [-0.3, -0.25) is 0 Å². The van der Waals surface area contributed by atoms with Crippen LogP contribution in [-0.4, -0.2) is 39.9 Å². The zero-order chi connectivity index (χ0) is 20.1. The molecule has 1 aromatic carbocycles. The average molecular weight is 402 g/mol. The van der Waals surface area contributed by atoms with Crippen molar-refractivity contribution in [1.29, 1.82) is 0 Å². The van der Waals surface area contributed by atoms with Crippen LogP contribution in [0.4, 0.5) is 5.82 Å². The van der Waals surface area contributed by atoms with Crippen LogP contribution >= 0.6 is 0 Å². The maximum atomic E-state index is 6.10. The molecule has 0 saturated carbocycles. The van der Waals surface area contributed by atoms with E-state index in [0.29, 0.717) is 24.7 Å². The maximum Gasteiger partial charge on any atom is 0.223 e. The van der Waals surface area contributed by atoms with Crippen LogP contribution in [0.2, 0.25) is 0 Å². The van der Waals surface area contributed by atoms with Gasteiger partial charge in [-0.1, -0.05) is 12.5 Å². The van der Waals surface area contributed by atoms with Crippen LogP contribution in [0, 0.1) is 0 Å². The Morgan fingerprint density at radius 3 is 2.73 bits per heavy atom. The minimum Gasteiger partial charge on any atom is -0.472 e. The fourth-order valence-corrected chi connectivity index (χ4v) is 5.35. The number of fused-ring (bicyclic) bond motifs is 5. The van der Waals surface area contributed by atoms with Crippen LogP contribution in [0.5, 0.6) is 5.88 Å². The quantitative estimate of drug-likeness (QED) is 0.721. The summed E-state index contributed by atoms with van der Waals surface area (Å²) in [5, 5.41) is 8.12. The lowest BCUT2D eigenvalue weighted by atomic mass is 9.83. The molecule has 0 radical (unpaired) electrons. The number of hydrogen-bond acceptors (Lipinski definition) is 5. The second-order valence-corrected chi connectivity index (χ2v) is 8.83. The highest BCUT2D eigenvalue weighted by molar-refractivity contribution is 5.75. The molecule has 5 heterocycles. The van der Waals surface area contributed by atoms with E-state index in [2.05, 4.69) is 52.7 Å². The molecule has 2 saturated heterocycles. The van der Waals surface area contributed by atoms with Gasteiger partial charge in [0, 0.05) is 43.1 Å². The van der Waals surface area contributed by atoms with Gasteiger partial charge in [-0.05, 0) is 67.1 Å². The van der Waals surface area contributed by atoms with Gasteiger partial charge in [0.2, 0.25) is 5.88 Å². The summed E-state index contributed by atoms with van der Waals surface area (Å²) in [6.45, 7) is 0.537. The summed E-state index contributed by atoms with van der Waals surface area (Å²) in [5.74, 6) is 1.75. The zero-order valence-electron chi connectivity index (χ0n) is 17.3. The predicted molar refractivity (Wildman–Crippen MR) is 117 cm³/mol. The number of aromatic nitrogens is 3. The number of piperidine rings is 2. The Morgan fingerprint density at radius 1 is 1.10 bits per heavy atom. The van der Waals surface area contributed by atoms with Crippen LogP contribution < -0.4 is 15.0 Å². The number of benzene rings is 1. The van der Waals surface area contributed by atoms with Crippen molar-refractivity contribution in [2.45, 2.75) is 56.8 Å². The number of nitrogens with zero attached hydrogens (tertiary/aromatic N) is 4. The van der Waals surface area contributed by atoms with Crippen molar-refractivity contribution in [3.8, 4) is 22.7 Å². The minimum atomic E-state index is 0.537. The third kappa shape index (κ3) is 3.06. The molecule has 30 heavy (non-hydrogen) atoms. The fourth-order valence-electron chi connectivity index (χ4n) is 5.35. The summed E-state index contributed by atoms with van der Waals surface area (Å²) in [6.07, 6.45) is 10.1. The summed E-state index contributed by atoms with van der Waals surface area (Å²) in [6, 6.07) is 14.5. The molecular formula is C24H27N5O. The number of ether oxygens (including phenoxy) is 1. The molecule has 0 amide bonds. The summed E-state index contributed by atoms with van der Waals surface area (Å²) >= 11 is 0. The van der Waals surface area contributed by atoms with Crippen molar-refractivity contribution in [2.75, 3.05) is 11.9 Å². The summed E-state index contributed by atoms with van der Waals surface area (Å²) in [5.41, 5.74) is 4.49. The van der Waals surface area contributed by atoms with Crippen molar-refractivity contribution >= 4 is 5.82 Å². The van der Waals surface area contributed by atoms with Crippen LogP contribution in [0.25, 0.3) is 16.8 Å². The second-order valence-electron chi connectivity index (χ2n) is 8.83. The Bertz CT molecular complexity index is 1050. The monoisotopic (exact) mass is 401 g/mol. The van der Waals surface area contributed by atoms with Crippen molar-refractivity contribution < 1.29 is 4.74 Å². The maximum absolute atomic E-state index is 6.10. The van der Waals surface area contributed by atoms with E-state index in [1.165, 1.54) is 43.2 Å². The van der Waals surface area contributed by atoms with E-state index in [-0.39, 0.29) is 0 Å². The van der Waals surface area contributed by atoms with Gasteiger partial charge in [0.15, 0.2) is 0 Å². The molecule has 2 aromatic heterocycles. The number of hydrogen-bond donors (Lipinski definition) is 1. The molecule has 2 fully saturated rings. The summed E-state index contributed by atoms with van der Waals surface area (Å²) in [7, 11) is 2.19. The lowest BCUT2D eigenvalue weighted by Crippen LogP contribution is -2.54. The largest absolute Gasteiger partial charge is 0.472 e. The van der Waals surface area contributed by atoms with Crippen molar-refractivity contribution in [3.63, 3.8) is 0 Å². The highest BCUT2D eigenvalue weighted by Crippen LogP contribution is 2.39. The molecule has 3 aliphatic heterocycles. The highest BCUT2D eigenvalue weighted by atomic mass is 16.5. The molecule has 3 aromatic rings. The number of pyridine rings is 1. The molecule has 3 aliphatic rings. The van der Waals surface area contributed by atoms with Gasteiger partial charge in [-0.25, -0.2) is 4.68 Å². The third-order valence-corrected chi connectivity index (χ3v) is 6.96. The van der Waals surface area contributed by atoms with Crippen LogP contribution in [0.15, 0.2) is 48.8 Å². The molecule has 154 valence electrons. The van der Waals surface area contributed by atoms with E-state index >= 15 is 0 Å². The van der Waals surface area contributed by atoms with Crippen molar-refractivity contribution in [2.24, 2.45) is 0 Å². The molecule has 6 nitrogen and oxygen atoms in total. The van der Waals surface area contributed by atoms with Gasteiger partial charge >= 0.3 is 0 Å². The smallest absolute Gasteiger partial charge is 0.223 e. The first-order chi connectivity index (χ1) is 14.7. The third-order valence-electron chi connectivity index (χ3n) is 6.96. The minimum absolute atomic E-state index is 0.537. The first kappa shape index (κ1) is 18.0. The van der Waals surface area contributed by atoms with Gasteiger partial charge in [0.1, 0.15) is 12.4 Å². The van der Waals surface area contributed by atoms with E-state index in [1.807, 2.05) is 16.9 Å². The van der Waals surface area contributed by atoms with E-state index < -0.39 is 0 Å². The molecule has 6 heteroatoms. The molecule has 1 N–H and O–H groups in total. The number of nitrogens with one attached hydrogen (secondary N) is 1. The first-order valence-corrected chi connectivity index (χ1v) is 11.0. The molecule has 3 atom stereocenters. The standard InChI is InChI=1S/C24H27N5O/c1-28(20-13-17-4-2-5-18(14-20)26-17)23-9-8-22-21-7-6-19(29-11-3-10-25-29)12-16(21)15-30-24(22)27-23/h3,6-12,17-18,20,26H,2,4-5,13-15H2,1H3/t17-,18?,20-/m0/s1. The van der Waals surface area contributed by atoms with Gasteiger partial charge in [-0.2, -0.15) is 10.1 Å². The van der Waals surface area contributed by atoms with Crippen molar-refractivity contribution in [3.05, 3.63) is 54.4 Å². The predicted octanol–water partition coefficient (Wildman–Crippen LogP) is 3.94. The first-order valence-electron chi connectivity index (χ1n) is 11.0.